The Hall–Kier alpha value is -2.91. The number of aromatic nitrogens is 2. The highest BCUT2D eigenvalue weighted by molar-refractivity contribution is 7.98. The predicted molar refractivity (Wildman–Crippen MR) is 110 cm³/mol. The quantitative estimate of drug-likeness (QED) is 0.408. The van der Waals surface area contributed by atoms with Crippen molar-refractivity contribution in [3.63, 3.8) is 0 Å². The van der Waals surface area contributed by atoms with E-state index in [2.05, 4.69) is 71.9 Å². The van der Waals surface area contributed by atoms with Crippen LogP contribution in [0.4, 0.5) is 0 Å². The molecule has 26 heavy (non-hydrogen) atoms. The van der Waals surface area contributed by atoms with Gasteiger partial charge in [0.2, 0.25) is 0 Å². The second-order valence-electron chi connectivity index (χ2n) is 5.94. The van der Waals surface area contributed by atoms with Crippen LogP contribution >= 0.6 is 11.8 Å². The van der Waals surface area contributed by atoms with Gasteiger partial charge in [-0.3, -0.25) is 4.98 Å². The summed E-state index contributed by atoms with van der Waals surface area (Å²) < 4.78 is 0. The van der Waals surface area contributed by atoms with E-state index in [1.54, 1.807) is 18.0 Å². The lowest BCUT2D eigenvalue weighted by molar-refractivity contribution is 1.25. The molecule has 0 radical (unpaired) electrons. The van der Waals surface area contributed by atoms with Crippen molar-refractivity contribution < 1.29 is 0 Å². The molecule has 0 aliphatic carbocycles. The van der Waals surface area contributed by atoms with Crippen LogP contribution < -0.4 is 0 Å². The highest BCUT2D eigenvalue weighted by atomic mass is 32.2. The van der Waals surface area contributed by atoms with Gasteiger partial charge in [-0.25, -0.2) is 4.98 Å². The van der Waals surface area contributed by atoms with Gasteiger partial charge in [0.05, 0.1) is 17.1 Å². The molecule has 0 spiro atoms. The van der Waals surface area contributed by atoms with Crippen molar-refractivity contribution in [3.05, 3.63) is 91.1 Å². The maximum atomic E-state index is 4.89. The highest BCUT2D eigenvalue weighted by Crippen LogP contribution is 2.30. The van der Waals surface area contributed by atoms with Crippen molar-refractivity contribution in [2.24, 2.45) is 0 Å². The molecule has 0 atom stereocenters. The number of rotatable bonds is 4. The van der Waals surface area contributed by atoms with E-state index in [4.69, 9.17) is 4.98 Å². The summed E-state index contributed by atoms with van der Waals surface area (Å²) in [6, 6.07) is 29.1. The second-order valence-corrected chi connectivity index (χ2v) is 6.82. The fourth-order valence-electron chi connectivity index (χ4n) is 2.88. The highest BCUT2D eigenvalue weighted by Gasteiger charge is 2.09. The van der Waals surface area contributed by atoms with E-state index in [0.29, 0.717) is 0 Å². The largest absolute Gasteiger partial charge is 0.255 e. The third kappa shape index (κ3) is 3.53. The van der Waals surface area contributed by atoms with Crippen molar-refractivity contribution in [3.8, 4) is 33.8 Å². The number of pyridine rings is 2. The molecule has 0 amide bonds. The fourth-order valence-corrected chi connectivity index (χ4v) is 3.29. The Morgan fingerprint density at radius 2 is 1.35 bits per heavy atom. The van der Waals surface area contributed by atoms with Crippen LogP contribution in [0.1, 0.15) is 0 Å². The van der Waals surface area contributed by atoms with Crippen LogP contribution in [0, 0.1) is 0 Å². The molecule has 0 saturated heterocycles. The Morgan fingerprint density at radius 3 is 2.04 bits per heavy atom. The van der Waals surface area contributed by atoms with Gasteiger partial charge < -0.3 is 0 Å². The number of hydrogen-bond acceptors (Lipinski definition) is 3. The van der Waals surface area contributed by atoms with E-state index in [1.165, 1.54) is 10.5 Å². The van der Waals surface area contributed by atoms with Crippen LogP contribution in [0.25, 0.3) is 33.8 Å². The van der Waals surface area contributed by atoms with E-state index in [-0.39, 0.29) is 0 Å². The van der Waals surface area contributed by atoms with Crippen LogP contribution in [0.2, 0.25) is 0 Å². The summed E-state index contributed by atoms with van der Waals surface area (Å²) in [5, 5.41) is 0. The van der Waals surface area contributed by atoms with Gasteiger partial charge in [-0.15, -0.1) is 11.8 Å². The molecule has 2 aromatic heterocycles. The zero-order valence-corrected chi connectivity index (χ0v) is 15.3. The molecule has 0 bridgehead atoms. The summed E-state index contributed by atoms with van der Waals surface area (Å²) >= 11 is 1.74. The summed E-state index contributed by atoms with van der Waals surface area (Å²) in [7, 11) is 0. The molecule has 4 rings (SSSR count). The van der Waals surface area contributed by atoms with Crippen molar-refractivity contribution in [2.75, 3.05) is 6.26 Å². The molecule has 2 nitrogen and oxygen atoms in total. The van der Waals surface area contributed by atoms with Crippen LogP contribution in [0.3, 0.4) is 0 Å². The maximum absolute atomic E-state index is 4.89. The van der Waals surface area contributed by atoms with E-state index in [0.717, 1.165) is 28.2 Å². The topological polar surface area (TPSA) is 25.8 Å². The maximum Gasteiger partial charge on any atom is 0.0899 e. The summed E-state index contributed by atoms with van der Waals surface area (Å²) in [5.41, 5.74) is 6.15. The Bertz CT molecular complexity index is 940. The van der Waals surface area contributed by atoms with E-state index >= 15 is 0 Å². The van der Waals surface area contributed by atoms with Crippen molar-refractivity contribution >= 4 is 11.8 Å². The van der Waals surface area contributed by atoms with Crippen molar-refractivity contribution in [1.29, 1.82) is 0 Å². The lowest BCUT2D eigenvalue weighted by atomic mass is 10.0. The molecule has 0 N–H and O–H groups in total. The van der Waals surface area contributed by atoms with E-state index in [1.807, 2.05) is 24.3 Å². The van der Waals surface area contributed by atoms with Gasteiger partial charge in [-0.1, -0.05) is 48.5 Å². The van der Waals surface area contributed by atoms with Crippen molar-refractivity contribution in [2.45, 2.75) is 4.90 Å². The van der Waals surface area contributed by atoms with Gasteiger partial charge in [0.15, 0.2) is 0 Å². The molecule has 0 aliphatic rings. The molecule has 0 aliphatic heterocycles. The molecule has 0 unspecified atom stereocenters. The number of nitrogens with zero attached hydrogens (tertiary/aromatic N) is 2. The lowest BCUT2D eigenvalue weighted by Gasteiger charge is -2.10. The van der Waals surface area contributed by atoms with E-state index < -0.39 is 0 Å². The van der Waals surface area contributed by atoms with Gasteiger partial charge in [0.25, 0.3) is 0 Å². The molecule has 3 heteroatoms. The molecule has 2 heterocycles. The molecular weight excluding hydrogens is 336 g/mol. The van der Waals surface area contributed by atoms with Crippen LogP contribution in [-0.2, 0) is 0 Å². The number of hydrogen-bond donors (Lipinski definition) is 0. The van der Waals surface area contributed by atoms with Gasteiger partial charge in [0.1, 0.15) is 0 Å². The summed E-state index contributed by atoms with van der Waals surface area (Å²) in [4.78, 5) is 10.6. The third-order valence-corrected chi connectivity index (χ3v) is 4.99. The Kier molecular flexibility index (Phi) is 4.80. The Balaban J connectivity index is 1.87. The van der Waals surface area contributed by atoms with Crippen LogP contribution in [0.5, 0.6) is 0 Å². The standard InChI is InChI=1S/C23H18N2S/c1-26-20-12-10-18(11-13-20)22-15-19(17-7-3-2-4-8-17)16-23(25-22)21-9-5-6-14-24-21/h2-16H,1H3. The van der Waals surface area contributed by atoms with Crippen LogP contribution in [-0.4, -0.2) is 16.2 Å². The number of benzene rings is 2. The van der Waals surface area contributed by atoms with Gasteiger partial charge >= 0.3 is 0 Å². The molecule has 0 fully saturated rings. The first-order valence-electron chi connectivity index (χ1n) is 8.47. The van der Waals surface area contributed by atoms with Crippen LogP contribution in [0.15, 0.2) is 96.0 Å². The minimum atomic E-state index is 0.882. The predicted octanol–water partition coefficient (Wildman–Crippen LogP) is 6.20. The Morgan fingerprint density at radius 1 is 0.615 bits per heavy atom. The molecule has 126 valence electrons. The fraction of sp³-hybridized carbons (Fsp3) is 0.0435. The van der Waals surface area contributed by atoms with Gasteiger partial charge in [0, 0.05) is 16.7 Å². The van der Waals surface area contributed by atoms with Gasteiger partial charge in [-0.05, 0) is 53.8 Å². The van der Waals surface area contributed by atoms with Gasteiger partial charge in [-0.2, -0.15) is 0 Å². The molecule has 2 aromatic carbocycles. The SMILES string of the molecule is CSc1ccc(-c2cc(-c3ccccc3)cc(-c3ccccn3)n2)cc1. The first kappa shape index (κ1) is 16.6. The first-order chi connectivity index (χ1) is 12.8. The second kappa shape index (κ2) is 7.54. The average molecular weight is 354 g/mol. The molecule has 0 saturated carbocycles. The Labute approximate surface area is 158 Å². The zero-order chi connectivity index (χ0) is 17.8. The summed E-state index contributed by atoms with van der Waals surface area (Å²) in [6.45, 7) is 0. The van der Waals surface area contributed by atoms with E-state index in [9.17, 15) is 0 Å². The average Bonchev–Trinajstić information content (AvgIpc) is 2.75. The minimum absolute atomic E-state index is 0.882. The third-order valence-electron chi connectivity index (χ3n) is 4.25. The zero-order valence-electron chi connectivity index (χ0n) is 14.5. The summed E-state index contributed by atoms with van der Waals surface area (Å²) in [6.07, 6.45) is 3.89. The number of thioether (sulfide) groups is 1. The minimum Gasteiger partial charge on any atom is -0.255 e. The smallest absolute Gasteiger partial charge is 0.0899 e. The molecular formula is C23H18N2S. The normalized spacial score (nSPS) is 10.7. The molecule has 4 aromatic rings. The first-order valence-corrected chi connectivity index (χ1v) is 9.69. The van der Waals surface area contributed by atoms with Crippen molar-refractivity contribution in [1.82, 2.24) is 9.97 Å². The summed E-state index contributed by atoms with van der Waals surface area (Å²) in [5.74, 6) is 0. The lowest BCUT2D eigenvalue weighted by Crippen LogP contribution is -1.92. The monoisotopic (exact) mass is 354 g/mol.